The minimum absolute atomic E-state index is 0.294. The number of ketones is 1. The van der Waals surface area contributed by atoms with Gasteiger partial charge in [-0.25, -0.2) is 0 Å². The Kier molecular flexibility index (Phi) is 4.06. The molecule has 0 bridgehead atoms. The van der Waals surface area contributed by atoms with Gasteiger partial charge in [-0.2, -0.15) is 0 Å². The molecule has 1 aliphatic carbocycles. The van der Waals surface area contributed by atoms with E-state index in [-0.39, 0.29) is 0 Å². The van der Waals surface area contributed by atoms with Crippen LogP contribution in [0, 0.1) is 5.92 Å². The predicted octanol–water partition coefficient (Wildman–Crippen LogP) is 3.10. The van der Waals surface area contributed by atoms with Crippen LogP contribution >= 0.6 is 0 Å². The minimum atomic E-state index is 0.294. The summed E-state index contributed by atoms with van der Waals surface area (Å²) in [5.74, 6) is 0.761. The number of rotatable bonds is 2. The summed E-state index contributed by atoms with van der Waals surface area (Å²) in [6, 6.07) is 0. The Balaban J connectivity index is 2.42. The Morgan fingerprint density at radius 3 is 2.83 bits per heavy atom. The zero-order valence-corrected chi connectivity index (χ0v) is 7.72. The molecule has 0 radical (unpaired) electrons. The second kappa shape index (κ2) is 5.13. The van der Waals surface area contributed by atoms with E-state index >= 15 is 0 Å². The van der Waals surface area contributed by atoms with Crippen molar-refractivity contribution >= 4 is 5.78 Å². The summed E-state index contributed by atoms with van der Waals surface area (Å²) in [6.07, 6.45) is 9.54. The smallest absolute Gasteiger partial charge is 0.136 e. The maximum absolute atomic E-state index is 11.5. The molecule has 0 heterocycles. The van der Waals surface area contributed by atoms with Gasteiger partial charge in [0.2, 0.25) is 0 Å². The van der Waals surface area contributed by atoms with E-state index in [1.54, 1.807) is 0 Å². The summed E-state index contributed by atoms with van der Waals surface area (Å²) in [5.41, 5.74) is 0. The van der Waals surface area contributed by atoms with Crippen molar-refractivity contribution in [2.75, 3.05) is 0 Å². The number of carbonyl (C=O) groups excluding carboxylic acids is 1. The highest BCUT2D eigenvalue weighted by atomic mass is 16.1. The SMILES string of the molecule is C=CCC1CCCCCCC1=O. The number of carbonyl (C=O) groups is 1. The van der Waals surface area contributed by atoms with E-state index < -0.39 is 0 Å². The van der Waals surface area contributed by atoms with Gasteiger partial charge in [0.15, 0.2) is 0 Å². The van der Waals surface area contributed by atoms with E-state index in [0.29, 0.717) is 11.7 Å². The highest BCUT2D eigenvalue weighted by Crippen LogP contribution is 2.22. The third-order valence-electron chi connectivity index (χ3n) is 2.63. The molecule has 1 nitrogen and oxygen atoms in total. The topological polar surface area (TPSA) is 17.1 Å². The Morgan fingerprint density at radius 1 is 1.33 bits per heavy atom. The minimum Gasteiger partial charge on any atom is -0.299 e. The van der Waals surface area contributed by atoms with Crippen molar-refractivity contribution in [3.05, 3.63) is 12.7 Å². The summed E-state index contributed by atoms with van der Waals surface area (Å²) in [5, 5.41) is 0. The Hall–Kier alpha value is -0.590. The molecular weight excluding hydrogens is 148 g/mol. The fourth-order valence-corrected chi connectivity index (χ4v) is 1.86. The van der Waals surface area contributed by atoms with Crippen LogP contribution in [-0.2, 0) is 4.79 Å². The summed E-state index contributed by atoms with van der Waals surface area (Å²) in [7, 11) is 0. The second-order valence-electron chi connectivity index (χ2n) is 3.64. The number of Topliss-reactive ketones (excluding diaryl/α,β-unsaturated/α-hetero) is 1. The molecule has 0 aromatic rings. The summed E-state index contributed by atoms with van der Waals surface area (Å²) >= 11 is 0. The van der Waals surface area contributed by atoms with Gasteiger partial charge < -0.3 is 0 Å². The van der Waals surface area contributed by atoms with Crippen LogP contribution in [0.4, 0.5) is 0 Å². The third-order valence-corrected chi connectivity index (χ3v) is 2.63. The van der Waals surface area contributed by atoms with Gasteiger partial charge in [0, 0.05) is 12.3 Å². The maximum atomic E-state index is 11.5. The summed E-state index contributed by atoms with van der Waals surface area (Å²) < 4.78 is 0. The van der Waals surface area contributed by atoms with Gasteiger partial charge in [-0.1, -0.05) is 25.3 Å². The van der Waals surface area contributed by atoms with Crippen LogP contribution < -0.4 is 0 Å². The van der Waals surface area contributed by atoms with Gasteiger partial charge >= 0.3 is 0 Å². The molecule has 1 saturated carbocycles. The fraction of sp³-hybridized carbons (Fsp3) is 0.727. The third kappa shape index (κ3) is 2.80. The van der Waals surface area contributed by atoms with Gasteiger partial charge in [0.05, 0.1) is 0 Å². The van der Waals surface area contributed by atoms with E-state index in [1.807, 2.05) is 6.08 Å². The summed E-state index contributed by atoms with van der Waals surface area (Å²) in [4.78, 5) is 11.5. The van der Waals surface area contributed by atoms with Crippen LogP contribution in [0.5, 0.6) is 0 Å². The fourth-order valence-electron chi connectivity index (χ4n) is 1.86. The van der Waals surface area contributed by atoms with E-state index in [9.17, 15) is 4.79 Å². The highest BCUT2D eigenvalue weighted by molar-refractivity contribution is 5.81. The van der Waals surface area contributed by atoms with Gasteiger partial charge in [-0.3, -0.25) is 4.79 Å². The molecule has 1 unspecified atom stereocenters. The van der Waals surface area contributed by atoms with Crippen molar-refractivity contribution in [2.24, 2.45) is 5.92 Å². The largest absolute Gasteiger partial charge is 0.299 e. The second-order valence-corrected chi connectivity index (χ2v) is 3.64. The Bertz CT molecular complexity index is 160. The Morgan fingerprint density at radius 2 is 2.08 bits per heavy atom. The molecule has 1 atom stereocenters. The normalized spacial score (nSPS) is 26.0. The van der Waals surface area contributed by atoms with Crippen molar-refractivity contribution in [1.82, 2.24) is 0 Å². The van der Waals surface area contributed by atoms with Crippen molar-refractivity contribution in [3.8, 4) is 0 Å². The number of hydrogen-bond acceptors (Lipinski definition) is 1. The van der Waals surface area contributed by atoms with E-state index in [1.165, 1.54) is 19.3 Å². The molecule has 12 heavy (non-hydrogen) atoms. The molecule has 0 aliphatic heterocycles. The lowest BCUT2D eigenvalue weighted by Gasteiger charge is -2.16. The standard InChI is InChI=1S/C11H18O/c1-2-7-10-8-5-3-4-6-9-11(10)12/h2,10H,1,3-9H2. The number of hydrogen-bond donors (Lipinski definition) is 0. The van der Waals surface area contributed by atoms with Crippen molar-refractivity contribution < 1.29 is 4.79 Å². The van der Waals surface area contributed by atoms with Crippen molar-refractivity contribution in [2.45, 2.75) is 44.9 Å². The molecular formula is C11H18O. The molecule has 1 fully saturated rings. The lowest BCUT2D eigenvalue weighted by Crippen LogP contribution is -2.15. The monoisotopic (exact) mass is 166 g/mol. The Labute approximate surface area is 74.9 Å². The van der Waals surface area contributed by atoms with E-state index in [2.05, 4.69) is 6.58 Å². The molecule has 0 spiro atoms. The molecule has 1 heteroatoms. The molecule has 0 saturated heterocycles. The van der Waals surface area contributed by atoms with Crippen molar-refractivity contribution in [3.63, 3.8) is 0 Å². The molecule has 0 aromatic carbocycles. The average molecular weight is 166 g/mol. The van der Waals surface area contributed by atoms with E-state index in [4.69, 9.17) is 0 Å². The zero-order valence-electron chi connectivity index (χ0n) is 7.72. The van der Waals surface area contributed by atoms with Gasteiger partial charge in [-0.05, 0) is 19.3 Å². The average Bonchev–Trinajstić information content (AvgIpc) is 2.05. The molecule has 68 valence electrons. The first-order chi connectivity index (χ1) is 5.84. The molecule has 0 amide bonds. The number of allylic oxidation sites excluding steroid dienone is 1. The maximum Gasteiger partial charge on any atom is 0.136 e. The van der Waals surface area contributed by atoms with Crippen LogP contribution in [0.25, 0.3) is 0 Å². The quantitative estimate of drug-likeness (QED) is 0.576. The first-order valence-electron chi connectivity index (χ1n) is 4.98. The van der Waals surface area contributed by atoms with Crippen LogP contribution in [0.1, 0.15) is 44.9 Å². The lowest BCUT2D eigenvalue weighted by atomic mass is 9.88. The van der Waals surface area contributed by atoms with Crippen LogP contribution in [0.3, 0.4) is 0 Å². The van der Waals surface area contributed by atoms with Gasteiger partial charge in [-0.15, -0.1) is 6.58 Å². The van der Waals surface area contributed by atoms with E-state index in [0.717, 1.165) is 25.7 Å². The van der Waals surface area contributed by atoms with Gasteiger partial charge in [0.1, 0.15) is 5.78 Å². The molecule has 0 aromatic heterocycles. The van der Waals surface area contributed by atoms with Crippen LogP contribution in [0.15, 0.2) is 12.7 Å². The molecule has 0 N–H and O–H groups in total. The van der Waals surface area contributed by atoms with Crippen molar-refractivity contribution in [1.29, 1.82) is 0 Å². The first kappa shape index (κ1) is 9.50. The zero-order chi connectivity index (χ0) is 8.81. The summed E-state index contributed by atoms with van der Waals surface area (Å²) in [6.45, 7) is 3.69. The first-order valence-corrected chi connectivity index (χ1v) is 4.98. The highest BCUT2D eigenvalue weighted by Gasteiger charge is 2.17. The molecule has 1 rings (SSSR count). The lowest BCUT2D eigenvalue weighted by molar-refractivity contribution is -0.123. The molecule has 1 aliphatic rings. The van der Waals surface area contributed by atoms with Crippen LogP contribution in [-0.4, -0.2) is 5.78 Å². The predicted molar refractivity (Wildman–Crippen MR) is 51.0 cm³/mol. The van der Waals surface area contributed by atoms with Gasteiger partial charge in [0.25, 0.3) is 0 Å². The van der Waals surface area contributed by atoms with Crippen LogP contribution in [0.2, 0.25) is 0 Å².